The van der Waals surface area contributed by atoms with Crippen LogP contribution in [-0.2, 0) is 16.0 Å². The van der Waals surface area contributed by atoms with E-state index in [1.54, 1.807) is 0 Å². The average Bonchev–Trinajstić information content (AvgIpc) is 2.60. The van der Waals surface area contributed by atoms with Gasteiger partial charge in [0.05, 0.1) is 6.04 Å². The van der Waals surface area contributed by atoms with Gasteiger partial charge in [-0.1, -0.05) is 44.2 Å². The standard InChI is InChI=1S/C20H31N3O2/c1-15(2)14-18(21)20(25)22-17-10-12-23(13-11-17)19(24)9-8-16-6-4-3-5-7-16/h3-7,15,17-18H,8-14,21H2,1-2H3,(H,22,25)/t18-/m0/s1. The van der Waals surface area contributed by atoms with Gasteiger partial charge < -0.3 is 16.0 Å². The fourth-order valence-corrected chi connectivity index (χ4v) is 3.25. The molecule has 0 radical (unpaired) electrons. The quantitative estimate of drug-likeness (QED) is 0.795. The third kappa shape index (κ3) is 6.50. The summed E-state index contributed by atoms with van der Waals surface area (Å²) in [6.45, 7) is 5.54. The number of hydrogen-bond acceptors (Lipinski definition) is 3. The number of nitrogens with zero attached hydrogens (tertiary/aromatic N) is 1. The number of benzene rings is 1. The number of hydrogen-bond donors (Lipinski definition) is 2. The Morgan fingerprint density at radius 3 is 2.44 bits per heavy atom. The number of rotatable bonds is 7. The second-order valence-corrected chi connectivity index (χ2v) is 7.39. The Hall–Kier alpha value is -1.88. The van der Waals surface area contributed by atoms with Crippen LogP contribution in [0.4, 0.5) is 0 Å². The first-order chi connectivity index (χ1) is 12.0. The molecule has 5 nitrogen and oxygen atoms in total. The van der Waals surface area contributed by atoms with Gasteiger partial charge in [-0.05, 0) is 37.2 Å². The van der Waals surface area contributed by atoms with E-state index in [4.69, 9.17) is 5.73 Å². The Kier molecular flexibility index (Phi) is 7.44. The number of carbonyl (C=O) groups excluding carboxylic acids is 2. The van der Waals surface area contributed by atoms with Crippen LogP contribution in [0.1, 0.15) is 45.1 Å². The maximum Gasteiger partial charge on any atom is 0.237 e. The van der Waals surface area contributed by atoms with E-state index in [2.05, 4.69) is 31.3 Å². The van der Waals surface area contributed by atoms with Gasteiger partial charge in [-0.25, -0.2) is 0 Å². The Balaban J connectivity index is 1.70. The smallest absolute Gasteiger partial charge is 0.237 e. The molecule has 0 aliphatic carbocycles. The summed E-state index contributed by atoms with van der Waals surface area (Å²) in [5.74, 6) is 0.539. The summed E-state index contributed by atoms with van der Waals surface area (Å²) in [6.07, 6.45) is 3.62. The van der Waals surface area contributed by atoms with Crippen molar-refractivity contribution in [2.75, 3.05) is 13.1 Å². The highest BCUT2D eigenvalue weighted by atomic mass is 16.2. The minimum absolute atomic E-state index is 0.0671. The predicted octanol–water partition coefficient (Wildman–Crippen LogP) is 2.10. The maximum absolute atomic E-state index is 12.3. The van der Waals surface area contributed by atoms with Gasteiger partial charge in [-0.2, -0.15) is 0 Å². The van der Waals surface area contributed by atoms with Gasteiger partial charge in [-0.3, -0.25) is 9.59 Å². The van der Waals surface area contributed by atoms with Crippen LogP contribution in [0.25, 0.3) is 0 Å². The van der Waals surface area contributed by atoms with Crippen molar-refractivity contribution in [1.82, 2.24) is 10.2 Å². The molecule has 1 aliphatic heterocycles. The molecule has 1 heterocycles. The van der Waals surface area contributed by atoms with Crippen molar-refractivity contribution in [2.24, 2.45) is 11.7 Å². The minimum Gasteiger partial charge on any atom is -0.352 e. The highest BCUT2D eigenvalue weighted by Gasteiger charge is 2.25. The van der Waals surface area contributed by atoms with Gasteiger partial charge in [0.1, 0.15) is 0 Å². The zero-order chi connectivity index (χ0) is 18.2. The summed E-state index contributed by atoms with van der Waals surface area (Å²) in [5.41, 5.74) is 7.12. The first-order valence-corrected chi connectivity index (χ1v) is 9.33. The Morgan fingerprint density at radius 2 is 1.84 bits per heavy atom. The molecular weight excluding hydrogens is 314 g/mol. The van der Waals surface area contributed by atoms with Crippen LogP contribution in [0.2, 0.25) is 0 Å². The van der Waals surface area contributed by atoms with Crippen LogP contribution >= 0.6 is 0 Å². The Bertz CT molecular complexity index is 551. The number of nitrogens with two attached hydrogens (primary N) is 1. The topological polar surface area (TPSA) is 75.4 Å². The number of aryl methyl sites for hydroxylation is 1. The second-order valence-electron chi connectivity index (χ2n) is 7.39. The number of amides is 2. The molecule has 1 aromatic rings. The summed E-state index contributed by atoms with van der Waals surface area (Å²) < 4.78 is 0. The van der Waals surface area contributed by atoms with Crippen molar-refractivity contribution in [1.29, 1.82) is 0 Å². The molecule has 5 heteroatoms. The predicted molar refractivity (Wildman–Crippen MR) is 99.9 cm³/mol. The first kappa shape index (κ1) is 19.4. The maximum atomic E-state index is 12.3. The van der Waals surface area contributed by atoms with Gasteiger partial charge in [0.25, 0.3) is 0 Å². The minimum atomic E-state index is -0.439. The molecule has 1 fully saturated rings. The molecule has 1 saturated heterocycles. The molecule has 0 spiro atoms. The van der Waals surface area contributed by atoms with Gasteiger partial charge >= 0.3 is 0 Å². The highest BCUT2D eigenvalue weighted by molar-refractivity contribution is 5.81. The van der Waals surface area contributed by atoms with Crippen molar-refractivity contribution in [3.05, 3.63) is 35.9 Å². The molecule has 0 aromatic heterocycles. The van der Waals surface area contributed by atoms with Crippen LogP contribution in [0.3, 0.4) is 0 Å². The fraction of sp³-hybridized carbons (Fsp3) is 0.600. The molecule has 0 saturated carbocycles. The van der Waals surface area contributed by atoms with E-state index in [0.29, 0.717) is 31.8 Å². The van der Waals surface area contributed by atoms with E-state index in [9.17, 15) is 9.59 Å². The molecular formula is C20H31N3O2. The van der Waals surface area contributed by atoms with E-state index in [1.807, 2.05) is 23.1 Å². The molecule has 2 amide bonds. The lowest BCUT2D eigenvalue weighted by atomic mass is 10.0. The summed E-state index contributed by atoms with van der Waals surface area (Å²) in [6, 6.07) is 9.77. The van der Waals surface area contributed by atoms with Crippen molar-refractivity contribution in [2.45, 2.75) is 58.0 Å². The van der Waals surface area contributed by atoms with E-state index >= 15 is 0 Å². The highest BCUT2D eigenvalue weighted by Crippen LogP contribution is 2.13. The van der Waals surface area contributed by atoms with Crippen LogP contribution in [-0.4, -0.2) is 41.9 Å². The zero-order valence-corrected chi connectivity index (χ0v) is 15.4. The molecule has 138 valence electrons. The third-order valence-corrected chi connectivity index (χ3v) is 4.73. The Morgan fingerprint density at radius 1 is 1.20 bits per heavy atom. The lowest BCUT2D eigenvalue weighted by molar-refractivity contribution is -0.132. The SMILES string of the molecule is CC(C)C[C@H](N)C(=O)NC1CCN(C(=O)CCc2ccccc2)CC1. The van der Waals surface area contributed by atoms with Crippen LogP contribution < -0.4 is 11.1 Å². The van der Waals surface area contributed by atoms with E-state index < -0.39 is 6.04 Å². The normalized spacial score (nSPS) is 16.7. The number of likely N-dealkylation sites (tertiary alicyclic amines) is 1. The molecule has 1 aliphatic rings. The molecule has 2 rings (SSSR count). The summed E-state index contributed by atoms with van der Waals surface area (Å²) in [4.78, 5) is 26.4. The summed E-state index contributed by atoms with van der Waals surface area (Å²) >= 11 is 0. The van der Waals surface area contributed by atoms with Crippen molar-refractivity contribution >= 4 is 11.8 Å². The molecule has 0 unspecified atom stereocenters. The van der Waals surface area contributed by atoms with E-state index in [-0.39, 0.29) is 17.9 Å². The van der Waals surface area contributed by atoms with E-state index in [1.165, 1.54) is 5.56 Å². The van der Waals surface area contributed by atoms with Crippen molar-refractivity contribution < 1.29 is 9.59 Å². The number of piperidine rings is 1. The molecule has 1 aromatic carbocycles. The fourth-order valence-electron chi connectivity index (χ4n) is 3.25. The van der Waals surface area contributed by atoms with Gasteiger partial charge in [0, 0.05) is 25.6 Å². The zero-order valence-electron chi connectivity index (χ0n) is 15.4. The molecule has 0 bridgehead atoms. The molecule has 3 N–H and O–H groups in total. The number of carbonyl (C=O) groups is 2. The largest absolute Gasteiger partial charge is 0.352 e. The van der Waals surface area contributed by atoms with Crippen molar-refractivity contribution in [3.8, 4) is 0 Å². The molecule has 25 heavy (non-hydrogen) atoms. The van der Waals surface area contributed by atoms with Crippen molar-refractivity contribution in [3.63, 3.8) is 0 Å². The van der Waals surface area contributed by atoms with Gasteiger partial charge in [0.2, 0.25) is 11.8 Å². The van der Waals surface area contributed by atoms with E-state index in [0.717, 1.165) is 19.3 Å². The van der Waals surface area contributed by atoms with Gasteiger partial charge in [-0.15, -0.1) is 0 Å². The monoisotopic (exact) mass is 345 g/mol. The van der Waals surface area contributed by atoms with Crippen LogP contribution in [0.15, 0.2) is 30.3 Å². The lowest BCUT2D eigenvalue weighted by Crippen LogP contribution is -2.50. The van der Waals surface area contributed by atoms with Gasteiger partial charge in [0.15, 0.2) is 0 Å². The average molecular weight is 345 g/mol. The molecule has 1 atom stereocenters. The van der Waals surface area contributed by atoms with Crippen LogP contribution in [0.5, 0.6) is 0 Å². The summed E-state index contributed by atoms with van der Waals surface area (Å²) in [7, 11) is 0. The lowest BCUT2D eigenvalue weighted by Gasteiger charge is -2.33. The first-order valence-electron chi connectivity index (χ1n) is 9.33. The second kappa shape index (κ2) is 9.56. The summed E-state index contributed by atoms with van der Waals surface area (Å²) in [5, 5.41) is 3.04. The Labute approximate surface area is 151 Å². The third-order valence-electron chi connectivity index (χ3n) is 4.73. The number of nitrogens with one attached hydrogen (secondary N) is 1. The van der Waals surface area contributed by atoms with Crippen LogP contribution in [0, 0.1) is 5.92 Å².